The molecule has 2 rings (SSSR count). The zero-order valence-electron chi connectivity index (χ0n) is 11.2. The average Bonchev–Trinajstić information content (AvgIpc) is 2.50. The summed E-state index contributed by atoms with van der Waals surface area (Å²) in [6.07, 6.45) is 0.308. The highest BCUT2D eigenvalue weighted by Crippen LogP contribution is 2.27. The molecule has 1 atom stereocenters. The number of benzene rings is 2. The van der Waals surface area contributed by atoms with Crippen molar-refractivity contribution in [1.82, 2.24) is 0 Å². The van der Waals surface area contributed by atoms with Gasteiger partial charge >= 0.3 is 0 Å². The average molecular weight is 288 g/mol. The fraction of sp³-hybridized carbons (Fsp3) is 0.188. The highest BCUT2D eigenvalue weighted by Gasteiger charge is 2.17. The molecule has 21 heavy (non-hydrogen) atoms. The molecule has 0 aliphatic heterocycles. The van der Waals surface area contributed by atoms with Crippen LogP contribution in [-0.4, -0.2) is 11.7 Å². The van der Waals surface area contributed by atoms with E-state index in [0.29, 0.717) is 6.42 Å². The number of hydrogen-bond acceptors (Lipinski definition) is 3. The number of halogens is 2. The molecule has 0 spiro atoms. The summed E-state index contributed by atoms with van der Waals surface area (Å²) in [5.74, 6) is -1.66. The van der Waals surface area contributed by atoms with Gasteiger partial charge in [-0.3, -0.25) is 0 Å². The van der Waals surface area contributed by atoms with Gasteiger partial charge in [-0.2, -0.15) is 5.26 Å². The topological polar surface area (TPSA) is 56.0 Å². The van der Waals surface area contributed by atoms with E-state index in [4.69, 9.17) is 10.4 Å². The number of aliphatic hydroxyl groups excluding tert-OH is 1. The molecule has 0 amide bonds. The number of anilines is 1. The molecule has 3 nitrogen and oxygen atoms in total. The molecule has 0 fully saturated rings. The summed E-state index contributed by atoms with van der Waals surface area (Å²) < 4.78 is 27.8. The van der Waals surface area contributed by atoms with Crippen molar-refractivity contribution in [3.05, 3.63) is 65.2 Å². The van der Waals surface area contributed by atoms with Gasteiger partial charge in [0, 0.05) is 6.61 Å². The van der Waals surface area contributed by atoms with Crippen LogP contribution in [0.15, 0.2) is 42.5 Å². The van der Waals surface area contributed by atoms with Crippen molar-refractivity contribution >= 4 is 5.69 Å². The molecule has 2 N–H and O–H groups in total. The molecule has 0 bridgehead atoms. The zero-order valence-corrected chi connectivity index (χ0v) is 11.2. The second kappa shape index (κ2) is 6.82. The third-order valence-corrected chi connectivity index (χ3v) is 3.11. The van der Waals surface area contributed by atoms with Gasteiger partial charge < -0.3 is 10.4 Å². The summed E-state index contributed by atoms with van der Waals surface area (Å²) in [4.78, 5) is 0. The Kier molecular flexibility index (Phi) is 4.85. The molecular weight excluding hydrogens is 274 g/mol. The smallest absolute Gasteiger partial charge is 0.150 e. The molecule has 0 saturated heterocycles. The number of rotatable bonds is 5. The Bertz CT molecular complexity index is 630. The van der Waals surface area contributed by atoms with Crippen LogP contribution in [0.1, 0.15) is 23.6 Å². The van der Waals surface area contributed by atoms with Crippen LogP contribution in [0, 0.1) is 23.0 Å². The molecule has 5 heteroatoms. The van der Waals surface area contributed by atoms with Crippen molar-refractivity contribution in [1.29, 1.82) is 5.26 Å². The first kappa shape index (κ1) is 14.9. The lowest BCUT2D eigenvalue weighted by Gasteiger charge is -2.20. The second-order valence-corrected chi connectivity index (χ2v) is 4.55. The molecule has 0 aromatic heterocycles. The van der Waals surface area contributed by atoms with Gasteiger partial charge in [0.25, 0.3) is 0 Å². The molecule has 0 unspecified atom stereocenters. The number of hydrogen-bond donors (Lipinski definition) is 2. The third kappa shape index (κ3) is 3.56. The van der Waals surface area contributed by atoms with Crippen LogP contribution in [-0.2, 0) is 0 Å². The Hall–Kier alpha value is -2.45. The van der Waals surface area contributed by atoms with Crippen LogP contribution in [0.4, 0.5) is 14.5 Å². The van der Waals surface area contributed by atoms with Crippen molar-refractivity contribution < 1.29 is 13.9 Å². The van der Waals surface area contributed by atoms with Crippen molar-refractivity contribution in [3.8, 4) is 6.07 Å². The SMILES string of the molecule is N#Cc1cc(F)c(N[C@@H](CCO)c2ccccc2)c(F)c1. The van der Waals surface area contributed by atoms with E-state index < -0.39 is 17.7 Å². The number of nitriles is 1. The van der Waals surface area contributed by atoms with E-state index in [9.17, 15) is 8.78 Å². The molecular formula is C16H14F2N2O. The van der Waals surface area contributed by atoms with E-state index in [-0.39, 0.29) is 17.9 Å². The molecule has 2 aromatic rings. The van der Waals surface area contributed by atoms with Crippen molar-refractivity contribution in [3.63, 3.8) is 0 Å². The fourth-order valence-corrected chi connectivity index (χ4v) is 2.09. The summed E-state index contributed by atoms with van der Waals surface area (Å²) >= 11 is 0. The lowest BCUT2D eigenvalue weighted by atomic mass is 10.0. The van der Waals surface area contributed by atoms with Crippen LogP contribution in [0.2, 0.25) is 0 Å². The third-order valence-electron chi connectivity index (χ3n) is 3.11. The first-order valence-corrected chi connectivity index (χ1v) is 6.47. The summed E-state index contributed by atoms with van der Waals surface area (Å²) in [7, 11) is 0. The maximum atomic E-state index is 13.9. The Morgan fingerprint density at radius 3 is 2.29 bits per heavy atom. The Labute approximate surface area is 121 Å². The first-order chi connectivity index (χ1) is 10.2. The molecule has 0 heterocycles. The minimum absolute atomic E-state index is 0.0750. The Morgan fingerprint density at radius 2 is 1.76 bits per heavy atom. The van der Waals surface area contributed by atoms with Crippen LogP contribution < -0.4 is 5.32 Å². The van der Waals surface area contributed by atoms with Crippen LogP contribution in [0.3, 0.4) is 0 Å². The highest BCUT2D eigenvalue weighted by molar-refractivity contribution is 5.51. The van der Waals surface area contributed by atoms with E-state index in [0.717, 1.165) is 17.7 Å². The summed E-state index contributed by atoms with van der Waals surface area (Å²) in [5.41, 5.74) is 0.444. The molecule has 2 aromatic carbocycles. The van der Waals surface area contributed by atoms with E-state index in [2.05, 4.69) is 5.32 Å². The predicted molar refractivity (Wildman–Crippen MR) is 75.6 cm³/mol. The summed E-state index contributed by atoms with van der Waals surface area (Å²) in [6.45, 7) is -0.119. The quantitative estimate of drug-likeness (QED) is 0.887. The van der Waals surface area contributed by atoms with Gasteiger partial charge in [0.15, 0.2) is 11.6 Å². The lowest BCUT2D eigenvalue weighted by molar-refractivity contribution is 0.279. The fourth-order valence-electron chi connectivity index (χ4n) is 2.09. The maximum absolute atomic E-state index is 13.9. The zero-order chi connectivity index (χ0) is 15.2. The van der Waals surface area contributed by atoms with Gasteiger partial charge in [-0.05, 0) is 24.1 Å². The maximum Gasteiger partial charge on any atom is 0.150 e. The van der Waals surface area contributed by atoms with Crippen LogP contribution in [0.25, 0.3) is 0 Å². The lowest BCUT2D eigenvalue weighted by Crippen LogP contribution is -2.14. The Balaban J connectivity index is 2.32. The second-order valence-electron chi connectivity index (χ2n) is 4.55. The van der Waals surface area contributed by atoms with Gasteiger partial charge in [0.1, 0.15) is 5.69 Å². The first-order valence-electron chi connectivity index (χ1n) is 6.47. The van der Waals surface area contributed by atoms with E-state index in [1.807, 2.05) is 30.3 Å². The molecule has 0 aliphatic rings. The number of aliphatic hydroxyl groups is 1. The monoisotopic (exact) mass is 288 g/mol. The number of nitrogens with zero attached hydrogens (tertiary/aromatic N) is 1. The van der Waals surface area contributed by atoms with Crippen molar-refractivity contribution in [2.45, 2.75) is 12.5 Å². The molecule has 0 radical (unpaired) electrons. The largest absolute Gasteiger partial charge is 0.396 e. The molecule has 0 aliphatic carbocycles. The van der Waals surface area contributed by atoms with Gasteiger partial charge in [-0.1, -0.05) is 30.3 Å². The summed E-state index contributed by atoms with van der Waals surface area (Å²) in [6, 6.07) is 12.3. The minimum Gasteiger partial charge on any atom is -0.396 e. The summed E-state index contributed by atoms with van der Waals surface area (Å²) in [5, 5.41) is 20.6. The van der Waals surface area contributed by atoms with Crippen LogP contribution in [0.5, 0.6) is 0 Å². The van der Waals surface area contributed by atoms with Gasteiger partial charge in [0.2, 0.25) is 0 Å². The molecule has 108 valence electrons. The van der Waals surface area contributed by atoms with Crippen LogP contribution >= 0.6 is 0 Å². The van der Waals surface area contributed by atoms with E-state index in [1.54, 1.807) is 6.07 Å². The minimum atomic E-state index is -0.828. The van der Waals surface area contributed by atoms with Crippen molar-refractivity contribution in [2.24, 2.45) is 0 Å². The van der Waals surface area contributed by atoms with Gasteiger partial charge in [0.05, 0.1) is 17.7 Å². The van der Waals surface area contributed by atoms with Gasteiger partial charge in [-0.15, -0.1) is 0 Å². The highest BCUT2D eigenvalue weighted by atomic mass is 19.1. The van der Waals surface area contributed by atoms with Gasteiger partial charge in [-0.25, -0.2) is 8.78 Å². The standard InChI is InChI=1S/C16H14F2N2O/c17-13-8-11(10-19)9-14(18)16(13)20-15(6-7-21)12-4-2-1-3-5-12/h1-5,8-9,15,20-21H,6-7H2/t15-/m0/s1. The van der Waals surface area contributed by atoms with E-state index >= 15 is 0 Å². The predicted octanol–water partition coefficient (Wildman–Crippen LogP) is 3.37. The normalized spacial score (nSPS) is 11.7. The van der Waals surface area contributed by atoms with E-state index in [1.165, 1.54) is 0 Å². The Morgan fingerprint density at radius 1 is 1.14 bits per heavy atom. The molecule has 0 saturated carbocycles. The van der Waals surface area contributed by atoms with Crippen molar-refractivity contribution in [2.75, 3.05) is 11.9 Å². The number of nitrogens with one attached hydrogen (secondary N) is 1.